The Labute approximate surface area is 148 Å². The number of thioether (sulfide) groups is 1. The molecule has 1 aromatic carbocycles. The Morgan fingerprint density at radius 2 is 1.88 bits per heavy atom. The molecule has 1 fully saturated rings. The Kier molecular flexibility index (Phi) is 5.14. The molecule has 1 aliphatic rings. The fourth-order valence-corrected chi connectivity index (χ4v) is 4.23. The van der Waals surface area contributed by atoms with Crippen LogP contribution in [0.5, 0.6) is 0 Å². The molecular formula is C20H26N2OS. The second kappa shape index (κ2) is 7.14. The van der Waals surface area contributed by atoms with Gasteiger partial charge >= 0.3 is 0 Å². The lowest BCUT2D eigenvalue weighted by atomic mass is 10.0. The summed E-state index contributed by atoms with van der Waals surface area (Å²) in [5.74, 6) is 0.725. The number of likely N-dealkylation sites (tertiary alicyclic amines) is 1. The molecule has 1 amide bonds. The molecule has 2 aromatic rings. The summed E-state index contributed by atoms with van der Waals surface area (Å²) in [7, 11) is 0. The molecule has 128 valence electrons. The highest BCUT2D eigenvalue weighted by molar-refractivity contribution is 7.99. The number of aryl methyl sites for hydroxylation is 3. The van der Waals surface area contributed by atoms with Crippen molar-refractivity contribution in [3.8, 4) is 0 Å². The molecule has 0 spiro atoms. The number of hydrogen-bond acceptors (Lipinski definition) is 3. The molecule has 2 heterocycles. The lowest BCUT2D eigenvalue weighted by Gasteiger charge is -2.33. The van der Waals surface area contributed by atoms with Gasteiger partial charge in [-0.3, -0.25) is 4.79 Å². The molecule has 1 aromatic heterocycles. The Hall–Kier alpha value is -1.55. The molecule has 0 bridgehead atoms. The van der Waals surface area contributed by atoms with E-state index in [1.165, 1.54) is 22.9 Å². The minimum absolute atomic E-state index is 0.244. The number of aromatic nitrogens is 1. The molecule has 1 saturated heterocycles. The van der Waals surface area contributed by atoms with Gasteiger partial charge in [0.15, 0.2) is 0 Å². The largest absolute Gasteiger partial charge is 0.339 e. The van der Waals surface area contributed by atoms with Crippen molar-refractivity contribution in [2.75, 3.05) is 12.3 Å². The number of carbonyl (C=O) groups is 1. The van der Waals surface area contributed by atoms with Crippen molar-refractivity contribution in [1.29, 1.82) is 0 Å². The second-order valence-electron chi connectivity index (χ2n) is 6.96. The van der Waals surface area contributed by atoms with E-state index in [1.54, 1.807) is 11.8 Å². The highest BCUT2D eigenvalue weighted by Crippen LogP contribution is 2.27. The molecule has 3 rings (SSSR count). The van der Waals surface area contributed by atoms with Crippen LogP contribution in [0.3, 0.4) is 0 Å². The number of piperidine rings is 1. The van der Waals surface area contributed by atoms with Crippen LogP contribution in [0.2, 0.25) is 0 Å². The number of carbonyl (C=O) groups excluding carboxylic acids is 1. The van der Waals surface area contributed by atoms with E-state index in [4.69, 9.17) is 4.98 Å². The van der Waals surface area contributed by atoms with Crippen LogP contribution < -0.4 is 0 Å². The summed E-state index contributed by atoms with van der Waals surface area (Å²) in [5, 5.41) is 2.15. The predicted molar refractivity (Wildman–Crippen MR) is 102 cm³/mol. The highest BCUT2D eigenvalue weighted by Gasteiger charge is 2.23. The molecule has 0 saturated carbocycles. The first-order valence-electron chi connectivity index (χ1n) is 8.76. The van der Waals surface area contributed by atoms with Crippen molar-refractivity contribution in [2.24, 2.45) is 0 Å². The van der Waals surface area contributed by atoms with E-state index in [1.807, 2.05) is 4.90 Å². The first-order chi connectivity index (χ1) is 11.5. The summed E-state index contributed by atoms with van der Waals surface area (Å²) >= 11 is 1.57. The summed E-state index contributed by atoms with van der Waals surface area (Å²) < 4.78 is 0. The zero-order valence-corrected chi connectivity index (χ0v) is 15.9. The minimum Gasteiger partial charge on any atom is -0.339 e. The van der Waals surface area contributed by atoms with Gasteiger partial charge in [-0.15, -0.1) is 0 Å². The van der Waals surface area contributed by atoms with Gasteiger partial charge in [-0.1, -0.05) is 11.8 Å². The number of rotatable bonds is 3. The van der Waals surface area contributed by atoms with Crippen LogP contribution in [0, 0.1) is 20.8 Å². The molecule has 0 N–H and O–H groups in total. The normalized spacial score (nSPS) is 18.2. The average Bonchev–Trinajstić information content (AvgIpc) is 2.55. The first-order valence-corrected chi connectivity index (χ1v) is 9.75. The van der Waals surface area contributed by atoms with E-state index >= 15 is 0 Å². The number of pyridine rings is 1. The zero-order chi connectivity index (χ0) is 17.3. The van der Waals surface area contributed by atoms with Crippen LogP contribution in [0.15, 0.2) is 23.2 Å². The molecule has 24 heavy (non-hydrogen) atoms. The van der Waals surface area contributed by atoms with E-state index < -0.39 is 0 Å². The lowest BCUT2D eigenvalue weighted by molar-refractivity contribution is -0.131. The summed E-state index contributed by atoms with van der Waals surface area (Å²) in [5.41, 5.74) is 4.71. The quantitative estimate of drug-likeness (QED) is 0.761. The van der Waals surface area contributed by atoms with Crippen molar-refractivity contribution >= 4 is 28.6 Å². The number of amides is 1. The standard InChI is InChI=1S/C20H26N2OS/c1-13-9-17-10-15(3)20(21-18(17)11-14(13)2)24-12-19(23)22-8-6-5-7-16(22)4/h9-11,16H,5-8,12H2,1-4H3/t16-/m0/s1. The van der Waals surface area contributed by atoms with Gasteiger partial charge in [0.05, 0.1) is 11.3 Å². The molecule has 0 aliphatic carbocycles. The molecule has 4 heteroatoms. The summed E-state index contributed by atoms with van der Waals surface area (Å²) in [6.07, 6.45) is 3.50. The van der Waals surface area contributed by atoms with Crippen LogP contribution in [-0.2, 0) is 4.79 Å². The number of benzene rings is 1. The maximum Gasteiger partial charge on any atom is 0.233 e. The van der Waals surface area contributed by atoms with Gasteiger partial charge in [0.2, 0.25) is 5.91 Å². The van der Waals surface area contributed by atoms with Crippen LogP contribution in [0.1, 0.15) is 42.9 Å². The highest BCUT2D eigenvalue weighted by atomic mass is 32.2. The Morgan fingerprint density at radius 1 is 1.17 bits per heavy atom. The van der Waals surface area contributed by atoms with Crippen molar-refractivity contribution < 1.29 is 4.79 Å². The summed E-state index contributed by atoms with van der Waals surface area (Å²) in [4.78, 5) is 19.4. The third-order valence-corrected chi connectivity index (χ3v) is 6.11. The van der Waals surface area contributed by atoms with Crippen molar-refractivity contribution in [3.63, 3.8) is 0 Å². The fourth-order valence-electron chi connectivity index (χ4n) is 3.36. The maximum atomic E-state index is 12.5. The summed E-state index contributed by atoms with van der Waals surface area (Å²) in [6, 6.07) is 6.90. The fraction of sp³-hybridized carbons (Fsp3) is 0.500. The Balaban J connectivity index is 1.76. The Bertz CT molecular complexity index is 772. The molecule has 3 nitrogen and oxygen atoms in total. The van der Waals surface area contributed by atoms with E-state index in [9.17, 15) is 4.79 Å². The van der Waals surface area contributed by atoms with Gasteiger partial charge in [0.25, 0.3) is 0 Å². The second-order valence-corrected chi connectivity index (χ2v) is 7.92. The monoisotopic (exact) mass is 342 g/mol. The average molecular weight is 343 g/mol. The third-order valence-electron chi connectivity index (χ3n) is 5.03. The van der Waals surface area contributed by atoms with Gasteiger partial charge in [-0.05, 0) is 81.8 Å². The number of hydrogen-bond donors (Lipinski definition) is 0. The first kappa shape index (κ1) is 17.3. The maximum absolute atomic E-state index is 12.5. The van der Waals surface area contributed by atoms with Crippen LogP contribution in [-0.4, -0.2) is 34.1 Å². The molecule has 1 atom stereocenters. The molecule has 1 aliphatic heterocycles. The zero-order valence-electron chi connectivity index (χ0n) is 15.1. The van der Waals surface area contributed by atoms with E-state index in [0.717, 1.165) is 35.5 Å². The molecular weight excluding hydrogens is 316 g/mol. The van der Waals surface area contributed by atoms with Crippen LogP contribution in [0.4, 0.5) is 0 Å². The minimum atomic E-state index is 0.244. The van der Waals surface area contributed by atoms with Gasteiger partial charge in [-0.2, -0.15) is 0 Å². The van der Waals surface area contributed by atoms with E-state index in [-0.39, 0.29) is 5.91 Å². The third kappa shape index (κ3) is 3.59. The van der Waals surface area contributed by atoms with Crippen molar-refractivity contribution in [3.05, 3.63) is 34.9 Å². The molecule has 0 radical (unpaired) electrons. The van der Waals surface area contributed by atoms with Gasteiger partial charge in [0, 0.05) is 18.0 Å². The topological polar surface area (TPSA) is 33.2 Å². The van der Waals surface area contributed by atoms with E-state index in [0.29, 0.717) is 11.8 Å². The van der Waals surface area contributed by atoms with Crippen molar-refractivity contribution in [2.45, 2.75) is 58.0 Å². The number of fused-ring (bicyclic) bond motifs is 1. The summed E-state index contributed by atoms with van der Waals surface area (Å²) in [6.45, 7) is 9.39. The van der Waals surface area contributed by atoms with E-state index in [2.05, 4.69) is 45.9 Å². The van der Waals surface area contributed by atoms with Crippen molar-refractivity contribution in [1.82, 2.24) is 9.88 Å². The van der Waals surface area contributed by atoms with Crippen LogP contribution >= 0.6 is 11.8 Å². The number of nitrogens with zero attached hydrogens (tertiary/aromatic N) is 2. The molecule has 0 unspecified atom stereocenters. The lowest BCUT2D eigenvalue weighted by Crippen LogP contribution is -2.42. The van der Waals surface area contributed by atoms with Gasteiger partial charge in [-0.25, -0.2) is 4.98 Å². The van der Waals surface area contributed by atoms with Gasteiger partial charge in [0.1, 0.15) is 5.03 Å². The predicted octanol–water partition coefficient (Wildman–Crippen LogP) is 4.65. The van der Waals surface area contributed by atoms with Crippen LogP contribution in [0.25, 0.3) is 10.9 Å². The van der Waals surface area contributed by atoms with Gasteiger partial charge < -0.3 is 4.90 Å². The smallest absolute Gasteiger partial charge is 0.233 e. The Morgan fingerprint density at radius 3 is 2.62 bits per heavy atom. The SMILES string of the molecule is Cc1cc2cc(C)c(SCC(=O)N3CCCC[C@@H]3C)nc2cc1C.